The van der Waals surface area contributed by atoms with Crippen molar-refractivity contribution < 1.29 is 13.6 Å². The minimum atomic E-state index is -0.853. The summed E-state index contributed by atoms with van der Waals surface area (Å²) >= 11 is 0. The summed E-state index contributed by atoms with van der Waals surface area (Å²) in [6.07, 6.45) is 1.27. The van der Waals surface area contributed by atoms with Gasteiger partial charge in [0.1, 0.15) is 29.5 Å². The molecule has 1 heterocycles. The van der Waals surface area contributed by atoms with Gasteiger partial charge >= 0.3 is 0 Å². The van der Waals surface area contributed by atoms with Crippen molar-refractivity contribution in [2.24, 2.45) is 0 Å². The van der Waals surface area contributed by atoms with Crippen molar-refractivity contribution in [2.45, 2.75) is 6.54 Å². The number of carbonyl (C=O) groups excluding carboxylic acids is 1. The summed E-state index contributed by atoms with van der Waals surface area (Å²) in [5, 5.41) is 2.38. The van der Waals surface area contributed by atoms with Crippen molar-refractivity contribution in [3.8, 4) is 0 Å². The van der Waals surface area contributed by atoms with Gasteiger partial charge in [0.2, 0.25) is 0 Å². The lowest BCUT2D eigenvalue weighted by atomic mass is 10.2. The Kier molecular flexibility index (Phi) is 5.17. The van der Waals surface area contributed by atoms with Crippen LogP contribution in [0.4, 0.5) is 20.3 Å². The molecule has 0 bridgehead atoms. The van der Waals surface area contributed by atoms with Gasteiger partial charge in [0.05, 0.1) is 5.69 Å². The highest BCUT2D eigenvalue weighted by atomic mass is 19.1. The minimum Gasteiger partial charge on any atom is -0.355 e. The number of carbonyl (C=O) groups is 1. The number of aromatic nitrogens is 2. The SMILES string of the molecule is CN(Cc1ccccc1)c1cc(C(=O)Nc2ccc(F)cc2F)ncn1. The summed E-state index contributed by atoms with van der Waals surface area (Å²) in [5.74, 6) is -1.62. The molecule has 132 valence electrons. The first kappa shape index (κ1) is 17.5. The van der Waals surface area contributed by atoms with Gasteiger partial charge in [0.15, 0.2) is 0 Å². The van der Waals surface area contributed by atoms with Crippen molar-refractivity contribution in [1.29, 1.82) is 0 Å². The van der Waals surface area contributed by atoms with Crippen LogP contribution in [0.25, 0.3) is 0 Å². The fourth-order valence-electron chi connectivity index (χ4n) is 2.40. The third-order valence-corrected chi connectivity index (χ3v) is 3.72. The Hall–Kier alpha value is -3.35. The van der Waals surface area contributed by atoms with Crippen LogP contribution in [0.1, 0.15) is 16.1 Å². The van der Waals surface area contributed by atoms with Gasteiger partial charge in [-0.05, 0) is 17.7 Å². The van der Waals surface area contributed by atoms with Crippen LogP contribution in [0.3, 0.4) is 0 Å². The van der Waals surface area contributed by atoms with E-state index in [0.717, 1.165) is 17.7 Å². The second-order valence-corrected chi connectivity index (χ2v) is 5.68. The standard InChI is InChI=1S/C19H16F2N4O/c1-25(11-13-5-3-2-4-6-13)18-10-17(22-12-23-18)19(26)24-16-8-7-14(20)9-15(16)21/h2-10,12H,11H2,1H3,(H,24,26). The molecule has 0 aliphatic carbocycles. The summed E-state index contributed by atoms with van der Waals surface area (Å²) < 4.78 is 26.6. The molecule has 1 aromatic heterocycles. The molecule has 0 spiro atoms. The van der Waals surface area contributed by atoms with E-state index in [1.165, 1.54) is 12.4 Å². The normalized spacial score (nSPS) is 10.4. The number of rotatable bonds is 5. The summed E-state index contributed by atoms with van der Waals surface area (Å²) in [6.45, 7) is 0.603. The quantitative estimate of drug-likeness (QED) is 0.760. The molecule has 26 heavy (non-hydrogen) atoms. The molecule has 1 N–H and O–H groups in total. The lowest BCUT2D eigenvalue weighted by Crippen LogP contribution is -2.20. The number of hydrogen-bond acceptors (Lipinski definition) is 4. The van der Waals surface area contributed by atoms with Gasteiger partial charge in [-0.25, -0.2) is 18.7 Å². The molecule has 0 fully saturated rings. The highest BCUT2D eigenvalue weighted by molar-refractivity contribution is 6.03. The zero-order valence-electron chi connectivity index (χ0n) is 14.0. The van der Waals surface area contributed by atoms with Crippen LogP contribution in [0.2, 0.25) is 0 Å². The Morgan fingerprint density at radius 3 is 2.58 bits per heavy atom. The minimum absolute atomic E-state index is 0.0821. The molecule has 7 heteroatoms. The van der Waals surface area contributed by atoms with Crippen LogP contribution in [-0.4, -0.2) is 22.9 Å². The molecule has 0 unspecified atom stereocenters. The summed E-state index contributed by atoms with van der Waals surface area (Å²) in [6, 6.07) is 14.2. The molecule has 0 saturated heterocycles. The van der Waals surface area contributed by atoms with Crippen molar-refractivity contribution in [3.63, 3.8) is 0 Å². The number of nitrogens with zero attached hydrogens (tertiary/aromatic N) is 3. The third kappa shape index (κ3) is 4.18. The molecule has 5 nitrogen and oxygen atoms in total. The zero-order valence-corrected chi connectivity index (χ0v) is 14.0. The first-order valence-corrected chi connectivity index (χ1v) is 7.86. The van der Waals surface area contributed by atoms with Gasteiger partial charge in [-0.15, -0.1) is 0 Å². The fraction of sp³-hybridized carbons (Fsp3) is 0.105. The number of amides is 1. The van der Waals surface area contributed by atoms with Crippen molar-refractivity contribution >= 4 is 17.4 Å². The van der Waals surface area contributed by atoms with E-state index in [2.05, 4.69) is 15.3 Å². The highest BCUT2D eigenvalue weighted by Crippen LogP contribution is 2.17. The predicted octanol–water partition coefficient (Wildman–Crippen LogP) is 3.64. The van der Waals surface area contributed by atoms with E-state index in [1.807, 2.05) is 42.3 Å². The number of benzene rings is 2. The van der Waals surface area contributed by atoms with E-state index in [0.29, 0.717) is 18.4 Å². The van der Waals surface area contributed by atoms with Crippen LogP contribution in [0.15, 0.2) is 60.9 Å². The van der Waals surface area contributed by atoms with E-state index in [9.17, 15) is 13.6 Å². The Bertz CT molecular complexity index is 918. The number of nitrogens with one attached hydrogen (secondary N) is 1. The Morgan fingerprint density at radius 1 is 1.08 bits per heavy atom. The highest BCUT2D eigenvalue weighted by Gasteiger charge is 2.13. The van der Waals surface area contributed by atoms with E-state index >= 15 is 0 Å². The Labute approximate surface area is 149 Å². The summed E-state index contributed by atoms with van der Waals surface area (Å²) in [4.78, 5) is 22.3. The monoisotopic (exact) mass is 354 g/mol. The Balaban J connectivity index is 1.74. The first-order valence-electron chi connectivity index (χ1n) is 7.86. The van der Waals surface area contributed by atoms with E-state index in [4.69, 9.17) is 0 Å². The molecule has 0 aliphatic heterocycles. The first-order chi connectivity index (χ1) is 12.5. The van der Waals surface area contributed by atoms with Crippen molar-refractivity contribution in [2.75, 3.05) is 17.3 Å². The van der Waals surface area contributed by atoms with Crippen LogP contribution in [0, 0.1) is 11.6 Å². The number of anilines is 2. The average molecular weight is 354 g/mol. The molecule has 3 aromatic rings. The van der Waals surface area contributed by atoms with E-state index < -0.39 is 17.5 Å². The van der Waals surface area contributed by atoms with Crippen LogP contribution >= 0.6 is 0 Å². The molecule has 0 radical (unpaired) electrons. The lowest BCUT2D eigenvalue weighted by molar-refractivity contribution is 0.102. The number of halogens is 2. The van der Waals surface area contributed by atoms with Gasteiger partial charge in [0, 0.05) is 25.7 Å². The maximum absolute atomic E-state index is 13.7. The topological polar surface area (TPSA) is 58.1 Å². The van der Waals surface area contributed by atoms with Crippen LogP contribution < -0.4 is 10.2 Å². The molecular formula is C19H16F2N4O. The maximum atomic E-state index is 13.7. The zero-order chi connectivity index (χ0) is 18.5. The second-order valence-electron chi connectivity index (χ2n) is 5.68. The third-order valence-electron chi connectivity index (χ3n) is 3.72. The average Bonchev–Trinajstić information content (AvgIpc) is 2.65. The largest absolute Gasteiger partial charge is 0.355 e. The van der Waals surface area contributed by atoms with Crippen molar-refractivity contribution in [1.82, 2.24) is 9.97 Å². The molecule has 2 aromatic carbocycles. The summed E-state index contributed by atoms with van der Waals surface area (Å²) in [5.41, 5.74) is 1.06. The molecule has 3 rings (SSSR count). The van der Waals surface area contributed by atoms with Gasteiger partial charge in [-0.1, -0.05) is 30.3 Å². The smallest absolute Gasteiger partial charge is 0.274 e. The van der Waals surface area contributed by atoms with E-state index in [-0.39, 0.29) is 11.4 Å². The molecular weight excluding hydrogens is 338 g/mol. The molecule has 0 saturated carbocycles. The fourth-order valence-corrected chi connectivity index (χ4v) is 2.40. The van der Waals surface area contributed by atoms with Gasteiger partial charge in [0.25, 0.3) is 5.91 Å². The van der Waals surface area contributed by atoms with Crippen LogP contribution in [0.5, 0.6) is 0 Å². The van der Waals surface area contributed by atoms with Gasteiger partial charge < -0.3 is 10.2 Å². The van der Waals surface area contributed by atoms with Gasteiger partial charge in [-0.3, -0.25) is 4.79 Å². The Morgan fingerprint density at radius 2 is 1.85 bits per heavy atom. The number of hydrogen-bond donors (Lipinski definition) is 1. The van der Waals surface area contributed by atoms with Crippen LogP contribution in [-0.2, 0) is 6.54 Å². The molecule has 0 aliphatic rings. The second kappa shape index (κ2) is 7.69. The lowest BCUT2D eigenvalue weighted by Gasteiger charge is -2.18. The maximum Gasteiger partial charge on any atom is 0.274 e. The summed E-state index contributed by atoms with van der Waals surface area (Å²) in [7, 11) is 1.84. The predicted molar refractivity (Wildman–Crippen MR) is 94.9 cm³/mol. The molecule has 0 atom stereocenters. The van der Waals surface area contributed by atoms with E-state index in [1.54, 1.807) is 0 Å². The molecule has 1 amide bonds. The van der Waals surface area contributed by atoms with Crippen molar-refractivity contribution in [3.05, 3.63) is 83.8 Å². The van der Waals surface area contributed by atoms with Gasteiger partial charge in [-0.2, -0.15) is 0 Å².